The Bertz CT molecular complexity index is 951. The van der Waals surface area contributed by atoms with E-state index < -0.39 is 0 Å². The monoisotopic (exact) mass is 359 g/mol. The maximum absolute atomic E-state index is 12.4. The Morgan fingerprint density at radius 1 is 0.889 bits per heavy atom. The topological polar surface area (TPSA) is 71.1 Å². The zero-order valence-corrected chi connectivity index (χ0v) is 15.3. The molecule has 0 saturated carbocycles. The maximum atomic E-state index is 12.4. The standard InChI is InChI=1S/C22H21N3O2/c1-15-5-8-18(12-16(15)2)22(27)25-20-9-6-17(7-10-20)13-24-21(26)19-4-3-11-23-14-19/h3-12,14H,13H2,1-2H3,(H,24,26)(H,25,27). The van der Waals surface area contributed by atoms with Crippen molar-refractivity contribution in [3.63, 3.8) is 0 Å². The van der Waals surface area contributed by atoms with Gasteiger partial charge in [0.2, 0.25) is 0 Å². The Kier molecular flexibility index (Phi) is 5.61. The summed E-state index contributed by atoms with van der Waals surface area (Å²) < 4.78 is 0. The predicted molar refractivity (Wildman–Crippen MR) is 106 cm³/mol. The molecule has 136 valence electrons. The molecule has 1 heterocycles. The third-order valence-corrected chi connectivity index (χ3v) is 4.36. The van der Waals surface area contributed by atoms with E-state index in [1.807, 2.05) is 56.3 Å². The molecular formula is C22H21N3O2. The largest absolute Gasteiger partial charge is 0.348 e. The summed E-state index contributed by atoms with van der Waals surface area (Å²) >= 11 is 0. The van der Waals surface area contributed by atoms with E-state index in [4.69, 9.17) is 0 Å². The molecule has 2 N–H and O–H groups in total. The van der Waals surface area contributed by atoms with Crippen LogP contribution in [0.25, 0.3) is 0 Å². The molecule has 2 amide bonds. The van der Waals surface area contributed by atoms with Gasteiger partial charge >= 0.3 is 0 Å². The highest BCUT2D eigenvalue weighted by atomic mass is 16.2. The van der Waals surface area contributed by atoms with Gasteiger partial charge in [-0.2, -0.15) is 0 Å². The fourth-order valence-corrected chi connectivity index (χ4v) is 2.57. The minimum atomic E-state index is -0.171. The third kappa shape index (κ3) is 4.79. The van der Waals surface area contributed by atoms with E-state index in [2.05, 4.69) is 15.6 Å². The molecule has 0 fully saturated rings. The fraction of sp³-hybridized carbons (Fsp3) is 0.136. The van der Waals surface area contributed by atoms with Gasteiger partial charge in [-0.3, -0.25) is 14.6 Å². The Hall–Kier alpha value is -3.47. The molecule has 0 spiro atoms. The number of hydrogen-bond donors (Lipinski definition) is 2. The Balaban J connectivity index is 1.57. The van der Waals surface area contributed by atoms with Crippen LogP contribution in [0.15, 0.2) is 67.0 Å². The molecule has 0 aliphatic heterocycles. The van der Waals surface area contributed by atoms with Crippen LogP contribution >= 0.6 is 0 Å². The van der Waals surface area contributed by atoms with Crippen molar-refractivity contribution >= 4 is 17.5 Å². The lowest BCUT2D eigenvalue weighted by Gasteiger charge is -2.09. The molecule has 3 aromatic rings. The number of rotatable bonds is 5. The van der Waals surface area contributed by atoms with Gasteiger partial charge in [0.25, 0.3) is 11.8 Å². The van der Waals surface area contributed by atoms with Crippen molar-refractivity contribution in [2.75, 3.05) is 5.32 Å². The van der Waals surface area contributed by atoms with Gasteiger partial charge in [-0.05, 0) is 66.9 Å². The van der Waals surface area contributed by atoms with Crippen molar-refractivity contribution < 1.29 is 9.59 Å². The predicted octanol–water partition coefficient (Wildman–Crippen LogP) is 3.88. The third-order valence-electron chi connectivity index (χ3n) is 4.36. The number of nitrogens with zero attached hydrogens (tertiary/aromatic N) is 1. The summed E-state index contributed by atoms with van der Waals surface area (Å²) in [5.41, 5.74) is 5.05. The zero-order valence-electron chi connectivity index (χ0n) is 15.3. The van der Waals surface area contributed by atoms with Crippen LogP contribution in [0.1, 0.15) is 37.4 Å². The van der Waals surface area contributed by atoms with E-state index in [-0.39, 0.29) is 11.8 Å². The summed E-state index contributed by atoms with van der Waals surface area (Å²) in [6.45, 7) is 4.41. The number of amides is 2. The van der Waals surface area contributed by atoms with Crippen molar-refractivity contribution in [2.45, 2.75) is 20.4 Å². The van der Waals surface area contributed by atoms with Crippen LogP contribution in [-0.2, 0) is 6.54 Å². The van der Waals surface area contributed by atoms with Gasteiger partial charge in [-0.25, -0.2) is 0 Å². The van der Waals surface area contributed by atoms with Crippen molar-refractivity contribution in [2.24, 2.45) is 0 Å². The molecule has 0 unspecified atom stereocenters. The minimum absolute atomic E-state index is 0.143. The lowest BCUT2D eigenvalue weighted by molar-refractivity contribution is 0.0949. The summed E-state index contributed by atoms with van der Waals surface area (Å²) in [5.74, 6) is -0.314. The Labute approximate surface area is 158 Å². The Morgan fingerprint density at radius 2 is 1.67 bits per heavy atom. The van der Waals surface area contributed by atoms with Crippen LogP contribution in [0.2, 0.25) is 0 Å². The van der Waals surface area contributed by atoms with Crippen molar-refractivity contribution in [1.29, 1.82) is 0 Å². The number of nitrogens with one attached hydrogen (secondary N) is 2. The number of benzene rings is 2. The highest BCUT2D eigenvalue weighted by Crippen LogP contribution is 2.14. The first-order valence-electron chi connectivity index (χ1n) is 8.69. The summed E-state index contributed by atoms with van der Waals surface area (Å²) in [5, 5.41) is 5.73. The summed E-state index contributed by atoms with van der Waals surface area (Å²) in [6.07, 6.45) is 3.16. The van der Waals surface area contributed by atoms with E-state index >= 15 is 0 Å². The molecule has 5 nitrogen and oxygen atoms in total. The molecule has 27 heavy (non-hydrogen) atoms. The first-order valence-corrected chi connectivity index (χ1v) is 8.69. The van der Waals surface area contributed by atoms with Crippen LogP contribution < -0.4 is 10.6 Å². The SMILES string of the molecule is Cc1ccc(C(=O)Nc2ccc(CNC(=O)c3cccnc3)cc2)cc1C. The first kappa shape index (κ1) is 18.3. The van der Waals surface area contributed by atoms with E-state index in [0.717, 1.165) is 16.7 Å². The number of hydrogen-bond acceptors (Lipinski definition) is 3. The number of carbonyl (C=O) groups excluding carboxylic acids is 2. The Morgan fingerprint density at radius 3 is 2.33 bits per heavy atom. The summed E-state index contributed by atoms with van der Waals surface area (Å²) in [7, 11) is 0. The maximum Gasteiger partial charge on any atom is 0.255 e. The number of anilines is 1. The molecule has 0 atom stereocenters. The van der Waals surface area contributed by atoms with Gasteiger partial charge in [0.1, 0.15) is 0 Å². The van der Waals surface area contributed by atoms with Gasteiger partial charge in [0.15, 0.2) is 0 Å². The van der Waals surface area contributed by atoms with Crippen LogP contribution in [-0.4, -0.2) is 16.8 Å². The molecule has 2 aromatic carbocycles. The van der Waals surface area contributed by atoms with Crippen molar-refractivity contribution in [3.8, 4) is 0 Å². The number of carbonyl (C=O) groups is 2. The molecule has 0 bridgehead atoms. The molecule has 0 radical (unpaired) electrons. The van der Waals surface area contributed by atoms with E-state index in [1.54, 1.807) is 18.3 Å². The normalized spacial score (nSPS) is 10.3. The van der Waals surface area contributed by atoms with Gasteiger partial charge in [0, 0.05) is 30.2 Å². The van der Waals surface area contributed by atoms with E-state index in [0.29, 0.717) is 23.4 Å². The van der Waals surface area contributed by atoms with Crippen LogP contribution in [0.3, 0.4) is 0 Å². The van der Waals surface area contributed by atoms with Crippen LogP contribution in [0.4, 0.5) is 5.69 Å². The molecule has 1 aromatic heterocycles. The smallest absolute Gasteiger partial charge is 0.255 e. The average Bonchev–Trinajstić information content (AvgIpc) is 2.70. The summed E-state index contributed by atoms with van der Waals surface area (Å²) in [4.78, 5) is 28.3. The van der Waals surface area contributed by atoms with Gasteiger partial charge < -0.3 is 10.6 Å². The van der Waals surface area contributed by atoms with E-state index in [1.165, 1.54) is 6.20 Å². The second-order valence-corrected chi connectivity index (χ2v) is 6.37. The number of aromatic nitrogens is 1. The van der Waals surface area contributed by atoms with Crippen LogP contribution in [0, 0.1) is 13.8 Å². The molecule has 3 rings (SSSR count). The molecule has 0 aliphatic carbocycles. The first-order chi connectivity index (χ1) is 13.0. The number of aryl methyl sites for hydroxylation is 2. The van der Waals surface area contributed by atoms with Crippen molar-refractivity contribution in [1.82, 2.24) is 10.3 Å². The quantitative estimate of drug-likeness (QED) is 0.726. The highest BCUT2D eigenvalue weighted by Gasteiger charge is 2.08. The van der Waals surface area contributed by atoms with Crippen molar-refractivity contribution in [3.05, 3.63) is 94.8 Å². The molecule has 5 heteroatoms. The number of pyridine rings is 1. The van der Waals surface area contributed by atoms with E-state index in [9.17, 15) is 9.59 Å². The molecule has 0 saturated heterocycles. The van der Waals surface area contributed by atoms with Crippen LogP contribution in [0.5, 0.6) is 0 Å². The highest BCUT2D eigenvalue weighted by molar-refractivity contribution is 6.04. The van der Waals surface area contributed by atoms with Gasteiger partial charge in [0.05, 0.1) is 5.56 Å². The second-order valence-electron chi connectivity index (χ2n) is 6.37. The summed E-state index contributed by atoms with van der Waals surface area (Å²) in [6, 6.07) is 16.5. The zero-order chi connectivity index (χ0) is 19.2. The lowest BCUT2D eigenvalue weighted by Crippen LogP contribution is -2.22. The second kappa shape index (κ2) is 8.27. The molecule has 0 aliphatic rings. The fourth-order valence-electron chi connectivity index (χ4n) is 2.57. The molecular weight excluding hydrogens is 338 g/mol. The van der Waals surface area contributed by atoms with Gasteiger partial charge in [-0.15, -0.1) is 0 Å². The minimum Gasteiger partial charge on any atom is -0.348 e. The van der Waals surface area contributed by atoms with Gasteiger partial charge in [-0.1, -0.05) is 18.2 Å². The lowest BCUT2D eigenvalue weighted by atomic mass is 10.1. The average molecular weight is 359 g/mol.